The van der Waals surface area contributed by atoms with Gasteiger partial charge in [0.25, 0.3) is 0 Å². The van der Waals surface area contributed by atoms with Crippen molar-refractivity contribution in [2.45, 2.75) is 13.0 Å². The van der Waals surface area contributed by atoms with Crippen molar-refractivity contribution in [1.82, 2.24) is 0 Å². The second kappa shape index (κ2) is 6.07. The van der Waals surface area contributed by atoms with Crippen LogP contribution in [0.15, 0.2) is 35.3 Å². The molecule has 1 atom stereocenters. The summed E-state index contributed by atoms with van der Waals surface area (Å²) in [4.78, 5) is 4.43. The SMILES string of the molecule is CC1CN(N)c2ccc(Cl)c(Cl)c2C(c2c(F)cccc2F)=N1. The topological polar surface area (TPSA) is 41.6 Å². The van der Waals surface area contributed by atoms with Crippen molar-refractivity contribution >= 4 is 34.6 Å². The summed E-state index contributed by atoms with van der Waals surface area (Å²) in [7, 11) is 0. The third kappa shape index (κ3) is 2.80. The molecule has 0 spiro atoms. The fourth-order valence-corrected chi connectivity index (χ4v) is 3.03. The van der Waals surface area contributed by atoms with Crippen molar-refractivity contribution < 1.29 is 8.78 Å². The van der Waals surface area contributed by atoms with Crippen molar-refractivity contribution in [2.24, 2.45) is 10.8 Å². The zero-order valence-electron chi connectivity index (χ0n) is 12.2. The summed E-state index contributed by atoms with van der Waals surface area (Å²) >= 11 is 12.4. The second-order valence-corrected chi connectivity index (χ2v) is 6.12. The number of benzene rings is 2. The van der Waals surface area contributed by atoms with Crippen LogP contribution in [-0.2, 0) is 0 Å². The van der Waals surface area contributed by atoms with E-state index in [1.807, 2.05) is 0 Å². The van der Waals surface area contributed by atoms with Gasteiger partial charge in [-0.05, 0) is 31.2 Å². The van der Waals surface area contributed by atoms with Crippen LogP contribution in [0.1, 0.15) is 18.1 Å². The van der Waals surface area contributed by atoms with E-state index in [4.69, 9.17) is 29.0 Å². The van der Waals surface area contributed by atoms with E-state index in [1.54, 1.807) is 19.1 Å². The Morgan fingerprint density at radius 1 is 1.13 bits per heavy atom. The number of rotatable bonds is 1. The molecule has 3 nitrogen and oxygen atoms in total. The van der Waals surface area contributed by atoms with Gasteiger partial charge in [0.1, 0.15) is 11.6 Å². The largest absolute Gasteiger partial charge is 0.308 e. The summed E-state index contributed by atoms with van der Waals surface area (Å²) in [5.41, 5.74) is 0.726. The Labute approximate surface area is 142 Å². The van der Waals surface area contributed by atoms with Crippen molar-refractivity contribution in [3.8, 4) is 0 Å². The van der Waals surface area contributed by atoms with Crippen LogP contribution in [0.5, 0.6) is 0 Å². The number of anilines is 1. The number of benzodiazepines with no additional fused rings is 1. The zero-order chi connectivity index (χ0) is 16.7. The van der Waals surface area contributed by atoms with E-state index in [0.717, 1.165) is 0 Å². The van der Waals surface area contributed by atoms with Crippen LogP contribution in [0.2, 0.25) is 10.0 Å². The first kappa shape index (κ1) is 16.2. The quantitative estimate of drug-likeness (QED) is 0.779. The summed E-state index contributed by atoms with van der Waals surface area (Å²) < 4.78 is 28.6. The average molecular weight is 356 g/mol. The summed E-state index contributed by atoms with van der Waals surface area (Å²) in [5.74, 6) is 4.60. The smallest absolute Gasteiger partial charge is 0.135 e. The Kier molecular flexibility index (Phi) is 4.27. The van der Waals surface area contributed by atoms with Crippen LogP contribution in [0, 0.1) is 11.6 Å². The van der Waals surface area contributed by atoms with E-state index in [1.165, 1.54) is 23.2 Å². The minimum Gasteiger partial charge on any atom is -0.308 e. The molecule has 0 radical (unpaired) electrons. The second-order valence-electron chi connectivity index (χ2n) is 5.33. The first-order chi connectivity index (χ1) is 10.9. The maximum atomic E-state index is 14.3. The van der Waals surface area contributed by atoms with Crippen molar-refractivity contribution in [3.05, 3.63) is 63.1 Å². The molecular weight excluding hydrogens is 343 g/mol. The molecule has 2 aromatic carbocycles. The molecule has 1 unspecified atom stereocenters. The van der Waals surface area contributed by atoms with Crippen LogP contribution in [-0.4, -0.2) is 18.3 Å². The summed E-state index contributed by atoms with van der Waals surface area (Å²) in [6, 6.07) is 6.62. The maximum absolute atomic E-state index is 14.3. The molecule has 1 heterocycles. The third-order valence-electron chi connectivity index (χ3n) is 3.63. The van der Waals surface area contributed by atoms with E-state index < -0.39 is 11.6 Å². The van der Waals surface area contributed by atoms with Gasteiger partial charge >= 0.3 is 0 Å². The molecule has 0 amide bonds. The highest BCUT2D eigenvalue weighted by Crippen LogP contribution is 2.37. The highest BCUT2D eigenvalue weighted by Gasteiger charge is 2.28. The number of aliphatic imine (C=N–C) groups is 1. The lowest BCUT2D eigenvalue weighted by molar-refractivity contribution is 0.578. The van der Waals surface area contributed by atoms with Gasteiger partial charge < -0.3 is 5.01 Å². The van der Waals surface area contributed by atoms with Crippen LogP contribution >= 0.6 is 23.2 Å². The first-order valence-corrected chi connectivity index (χ1v) is 7.68. The van der Waals surface area contributed by atoms with Gasteiger partial charge in [0, 0.05) is 5.56 Å². The average Bonchev–Trinajstić information content (AvgIpc) is 2.60. The van der Waals surface area contributed by atoms with E-state index in [9.17, 15) is 8.78 Å². The van der Waals surface area contributed by atoms with Gasteiger partial charge in [-0.1, -0.05) is 29.3 Å². The lowest BCUT2D eigenvalue weighted by Crippen LogP contribution is -2.36. The molecule has 0 fully saturated rings. The maximum Gasteiger partial charge on any atom is 0.135 e. The van der Waals surface area contributed by atoms with Crippen LogP contribution in [0.25, 0.3) is 0 Å². The summed E-state index contributed by atoms with van der Waals surface area (Å²) in [6.07, 6.45) is 0. The molecule has 0 aliphatic carbocycles. The minimum absolute atomic E-state index is 0.114. The van der Waals surface area contributed by atoms with Gasteiger partial charge in [0.15, 0.2) is 0 Å². The summed E-state index contributed by atoms with van der Waals surface area (Å²) in [5, 5.41) is 1.88. The number of hydrazine groups is 1. The highest BCUT2D eigenvalue weighted by molar-refractivity contribution is 6.45. The Hall–Kier alpha value is -1.69. The molecule has 120 valence electrons. The van der Waals surface area contributed by atoms with E-state index in [-0.39, 0.29) is 27.4 Å². The Balaban J connectivity index is 2.36. The molecular formula is C16H13Cl2F2N3. The van der Waals surface area contributed by atoms with Gasteiger partial charge in [0.05, 0.1) is 39.6 Å². The molecule has 2 aromatic rings. The lowest BCUT2D eigenvalue weighted by Gasteiger charge is -2.21. The van der Waals surface area contributed by atoms with Crippen molar-refractivity contribution in [2.75, 3.05) is 11.6 Å². The van der Waals surface area contributed by atoms with Crippen molar-refractivity contribution in [1.29, 1.82) is 0 Å². The van der Waals surface area contributed by atoms with E-state index in [2.05, 4.69) is 4.99 Å². The summed E-state index contributed by atoms with van der Waals surface area (Å²) in [6.45, 7) is 2.19. The number of hydrogen-bond donors (Lipinski definition) is 1. The Bertz CT molecular complexity index is 788. The van der Waals surface area contributed by atoms with Crippen LogP contribution < -0.4 is 10.9 Å². The van der Waals surface area contributed by atoms with E-state index >= 15 is 0 Å². The molecule has 0 saturated heterocycles. The zero-order valence-corrected chi connectivity index (χ0v) is 13.7. The Morgan fingerprint density at radius 2 is 1.78 bits per heavy atom. The molecule has 2 N–H and O–H groups in total. The van der Waals surface area contributed by atoms with Crippen LogP contribution in [0.3, 0.4) is 0 Å². The third-order valence-corrected chi connectivity index (χ3v) is 4.43. The molecule has 7 heteroatoms. The first-order valence-electron chi connectivity index (χ1n) is 6.93. The minimum atomic E-state index is -0.719. The number of nitrogens with zero attached hydrogens (tertiary/aromatic N) is 2. The number of fused-ring (bicyclic) bond motifs is 1. The molecule has 1 aliphatic rings. The molecule has 3 rings (SSSR count). The van der Waals surface area contributed by atoms with Gasteiger partial charge in [-0.3, -0.25) is 4.99 Å². The molecule has 1 aliphatic heterocycles. The molecule has 0 bridgehead atoms. The standard InChI is InChI=1S/C16H13Cl2F2N3/c1-8-7-23(21)12-6-5-9(17)15(18)14(12)16(22-8)13-10(19)3-2-4-11(13)20/h2-6,8H,7,21H2,1H3. The predicted octanol–water partition coefficient (Wildman–Crippen LogP) is 4.19. The fraction of sp³-hybridized carbons (Fsp3) is 0.188. The van der Waals surface area contributed by atoms with Crippen LogP contribution in [0.4, 0.5) is 14.5 Å². The Morgan fingerprint density at radius 3 is 2.43 bits per heavy atom. The van der Waals surface area contributed by atoms with E-state index in [0.29, 0.717) is 17.8 Å². The normalized spacial score (nSPS) is 17.6. The predicted molar refractivity (Wildman–Crippen MR) is 89.5 cm³/mol. The molecule has 0 saturated carbocycles. The van der Waals surface area contributed by atoms with Crippen molar-refractivity contribution in [3.63, 3.8) is 0 Å². The highest BCUT2D eigenvalue weighted by atomic mass is 35.5. The molecule has 23 heavy (non-hydrogen) atoms. The lowest BCUT2D eigenvalue weighted by atomic mass is 9.99. The molecule has 0 aromatic heterocycles. The van der Waals surface area contributed by atoms with Gasteiger partial charge in [-0.15, -0.1) is 0 Å². The monoisotopic (exact) mass is 355 g/mol. The van der Waals surface area contributed by atoms with Gasteiger partial charge in [-0.2, -0.15) is 0 Å². The van der Waals surface area contributed by atoms with Gasteiger partial charge in [-0.25, -0.2) is 14.6 Å². The number of halogens is 4. The number of hydrogen-bond acceptors (Lipinski definition) is 3. The fourth-order valence-electron chi connectivity index (χ4n) is 2.63. The number of nitrogens with two attached hydrogens (primary N) is 1. The van der Waals surface area contributed by atoms with Gasteiger partial charge in [0.2, 0.25) is 0 Å².